The normalized spacial score (nSPS) is 12.1. The fourth-order valence-electron chi connectivity index (χ4n) is 2.32. The van der Waals surface area contributed by atoms with Crippen LogP contribution in [0.1, 0.15) is 5.56 Å². The highest BCUT2D eigenvalue weighted by Crippen LogP contribution is 2.30. The molecular weight excluding hydrogens is 370 g/mol. The Labute approximate surface area is 151 Å². The second kappa shape index (κ2) is 7.14. The highest BCUT2D eigenvalue weighted by Gasteiger charge is 2.41. The Balaban J connectivity index is 1.92. The second-order valence-corrected chi connectivity index (χ2v) is 6.48. The Bertz CT molecular complexity index is 930. The van der Waals surface area contributed by atoms with Gasteiger partial charge in [0.05, 0.1) is 5.52 Å². The number of fused-ring (bicyclic) bond motifs is 1. The number of benzene rings is 1. The van der Waals surface area contributed by atoms with Crippen molar-refractivity contribution in [3.8, 4) is 17.3 Å². The van der Waals surface area contributed by atoms with E-state index in [1.165, 1.54) is 12.3 Å². The van der Waals surface area contributed by atoms with E-state index in [0.717, 1.165) is 15.9 Å². The molecule has 0 amide bonds. The number of imidazole rings is 1. The number of hydrogen-bond acceptors (Lipinski definition) is 4. The quantitative estimate of drug-likeness (QED) is 0.483. The number of thioether (sulfide) groups is 1. The standard InChI is InChI=1S/C17H15F4N3OS/c1-9-7-22-11(6-12(9)25-8-17(20,21)16(18)19)15-23-10-4-3-5-13(26-2)14(10)24-15/h3-7,16H,8H2,1-2H3,(H,23,24). The van der Waals surface area contributed by atoms with Gasteiger partial charge in [0.1, 0.15) is 17.0 Å². The van der Waals surface area contributed by atoms with Gasteiger partial charge in [0.15, 0.2) is 12.4 Å². The number of rotatable bonds is 6. The summed E-state index contributed by atoms with van der Waals surface area (Å²) in [5.41, 5.74) is 2.40. The van der Waals surface area contributed by atoms with Gasteiger partial charge in [-0.2, -0.15) is 8.78 Å². The minimum Gasteiger partial charge on any atom is -0.487 e. The van der Waals surface area contributed by atoms with Crippen molar-refractivity contribution in [1.82, 2.24) is 15.0 Å². The molecule has 3 rings (SSSR count). The highest BCUT2D eigenvalue weighted by atomic mass is 32.2. The number of pyridine rings is 1. The Hall–Kier alpha value is -2.29. The molecule has 26 heavy (non-hydrogen) atoms. The van der Waals surface area contributed by atoms with E-state index in [2.05, 4.69) is 15.0 Å². The van der Waals surface area contributed by atoms with Crippen LogP contribution in [0.5, 0.6) is 5.75 Å². The van der Waals surface area contributed by atoms with E-state index in [-0.39, 0.29) is 5.75 Å². The lowest BCUT2D eigenvalue weighted by molar-refractivity contribution is -0.148. The van der Waals surface area contributed by atoms with Crippen LogP contribution < -0.4 is 4.74 Å². The zero-order valence-electron chi connectivity index (χ0n) is 13.9. The zero-order valence-corrected chi connectivity index (χ0v) is 14.7. The van der Waals surface area contributed by atoms with Crippen molar-refractivity contribution in [3.63, 3.8) is 0 Å². The van der Waals surface area contributed by atoms with Gasteiger partial charge in [0, 0.05) is 22.7 Å². The third-order valence-electron chi connectivity index (χ3n) is 3.73. The lowest BCUT2D eigenvalue weighted by atomic mass is 10.2. The minimum absolute atomic E-state index is 0.0564. The molecule has 0 saturated heterocycles. The molecule has 0 aliphatic heterocycles. The van der Waals surface area contributed by atoms with E-state index >= 15 is 0 Å². The molecule has 3 aromatic rings. The summed E-state index contributed by atoms with van der Waals surface area (Å²) in [5, 5.41) is 0. The van der Waals surface area contributed by atoms with Crippen molar-refractivity contribution in [2.24, 2.45) is 0 Å². The molecule has 138 valence electrons. The zero-order chi connectivity index (χ0) is 18.9. The predicted molar refractivity (Wildman–Crippen MR) is 92.3 cm³/mol. The van der Waals surface area contributed by atoms with Crippen molar-refractivity contribution in [2.75, 3.05) is 12.9 Å². The number of aryl methyl sites for hydroxylation is 1. The first kappa shape index (κ1) is 18.5. The fraction of sp³-hybridized carbons (Fsp3) is 0.294. The van der Waals surface area contributed by atoms with Crippen LogP contribution in [0.2, 0.25) is 0 Å². The first-order valence-corrected chi connectivity index (χ1v) is 8.83. The number of halogens is 4. The molecule has 0 spiro atoms. The first-order valence-electron chi connectivity index (χ1n) is 7.60. The van der Waals surface area contributed by atoms with E-state index in [9.17, 15) is 17.6 Å². The molecule has 0 radical (unpaired) electrons. The first-order chi connectivity index (χ1) is 12.3. The number of ether oxygens (including phenoxy) is 1. The maximum absolute atomic E-state index is 13.1. The van der Waals surface area contributed by atoms with Crippen molar-refractivity contribution in [2.45, 2.75) is 24.2 Å². The largest absolute Gasteiger partial charge is 0.487 e. The van der Waals surface area contributed by atoms with Crippen LogP contribution in [0.25, 0.3) is 22.6 Å². The molecule has 1 aromatic carbocycles. The number of nitrogens with zero attached hydrogens (tertiary/aromatic N) is 2. The molecule has 0 bridgehead atoms. The Kier molecular flexibility index (Phi) is 5.08. The summed E-state index contributed by atoms with van der Waals surface area (Å²) < 4.78 is 55.7. The minimum atomic E-state index is -4.22. The molecule has 0 aliphatic carbocycles. The highest BCUT2D eigenvalue weighted by molar-refractivity contribution is 7.98. The summed E-state index contributed by atoms with van der Waals surface area (Å²) in [6, 6.07) is 7.09. The molecule has 2 aromatic heterocycles. The van der Waals surface area contributed by atoms with Crippen molar-refractivity contribution in [1.29, 1.82) is 0 Å². The molecule has 2 heterocycles. The molecule has 1 N–H and O–H groups in total. The number of hydrogen-bond donors (Lipinski definition) is 1. The monoisotopic (exact) mass is 385 g/mol. The van der Waals surface area contributed by atoms with Crippen molar-refractivity contribution < 1.29 is 22.3 Å². The second-order valence-electron chi connectivity index (χ2n) is 5.63. The molecule has 0 saturated carbocycles. The molecule has 4 nitrogen and oxygen atoms in total. The molecule has 9 heteroatoms. The Morgan fingerprint density at radius 2 is 2.08 bits per heavy atom. The lowest BCUT2D eigenvalue weighted by Gasteiger charge is -2.17. The third kappa shape index (κ3) is 3.62. The Morgan fingerprint density at radius 3 is 2.77 bits per heavy atom. The van der Waals surface area contributed by atoms with E-state index in [1.807, 2.05) is 24.5 Å². The van der Waals surface area contributed by atoms with Crippen LogP contribution in [0, 0.1) is 6.92 Å². The summed E-state index contributed by atoms with van der Waals surface area (Å²) in [7, 11) is 0. The van der Waals surface area contributed by atoms with E-state index in [1.54, 1.807) is 18.7 Å². The van der Waals surface area contributed by atoms with E-state index < -0.39 is 19.0 Å². The third-order valence-corrected chi connectivity index (χ3v) is 4.50. The summed E-state index contributed by atoms with van der Waals surface area (Å²) in [6.45, 7) is 0.183. The van der Waals surface area contributed by atoms with Gasteiger partial charge in [-0.25, -0.2) is 13.8 Å². The van der Waals surface area contributed by atoms with Crippen LogP contribution in [-0.2, 0) is 0 Å². The number of aromatic nitrogens is 3. The van der Waals surface area contributed by atoms with Crippen LogP contribution >= 0.6 is 11.8 Å². The molecular formula is C17H15F4N3OS. The van der Waals surface area contributed by atoms with Crippen LogP contribution in [0.15, 0.2) is 35.4 Å². The maximum atomic E-state index is 13.1. The number of alkyl halides is 4. The number of H-pyrrole nitrogens is 1. The van der Waals surface area contributed by atoms with Gasteiger partial charge in [-0.15, -0.1) is 11.8 Å². The average Bonchev–Trinajstić information content (AvgIpc) is 3.05. The molecule has 0 fully saturated rings. The van der Waals surface area contributed by atoms with Gasteiger partial charge in [-0.1, -0.05) is 6.07 Å². The van der Waals surface area contributed by atoms with E-state index in [0.29, 0.717) is 17.1 Å². The van der Waals surface area contributed by atoms with Gasteiger partial charge >= 0.3 is 12.3 Å². The van der Waals surface area contributed by atoms with Crippen LogP contribution in [-0.4, -0.2) is 40.2 Å². The summed E-state index contributed by atoms with van der Waals surface area (Å²) in [6.07, 6.45) is -0.430. The van der Waals surface area contributed by atoms with E-state index in [4.69, 9.17) is 4.74 Å². The van der Waals surface area contributed by atoms with Crippen molar-refractivity contribution in [3.05, 3.63) is 36.0 Å². The van der Waals surface area contributed by atoms with Gasteiger partial charge in [-0.05, 0) is 25.3 Å². The van der Waals surface area contributed by atoms with Crippen LogP contribution in [0.3, 0.4) is 0 Å². The smallest absolute Gasteiger partial charge is 0.340 e. The van der Waals surface area contributed by atoms with Gasteiger partial charge in [0.25, 0.3) is 0 Å². The number of aromatic amines is 1. The topological polar surface area (TPSA) is 50.8 Å². The van der Waals surface area contributed by atoms with Gasteiger partial charge < -0.3 is 9.72 Å². The molecule has 0 atom stereocenters. The van der Waals surface area contributed by atoms with Gasteiger partial charge in [0.2, 0.25) is 0 Å². The fourth-order valence-corrected chi connectivity index (χ4v) is 2.88. The average molecular weight is 385 g/mol. The number of para-hydroxylation sites is 1. The van der Waals surface area contributed by atoms with Crippen molar-refractivity contribution >= 4 is 22.8 Å². The van der Waals surface area contributed by atoms with Gasteiger partial charge in [-0.3, -0.25) is 4.98 Å². The SMILES string of the molecule is CSc1cccc2[nH]c(-c3cc(OCC(F)(F)C(F)F)c(C)cn3)nc12. The summed E-state index contributed by atoms with van der Waals surface area (Å²) >= 11 is 1.54. The maximum Gasteiger partial charge on any atom is 0.340 e. The molecule has 0 unspecified atom stereocenters. The molecule has 0 aliphatic rings. The number of nitrogens with one attached hydrogen (secondary N) is 1. The predicted octanol–water partition coefficient (Wildman–Crippen LogP) is 4.93. The van der Waals surface area contributed by atoms with Crippen LogP contribution in [0.4, 0.5) is 17.6 Å². The lowest BCUT2D eigenvalue weighted by Crippen LogP contribution is -2.33. The summed E-state index contributed by atoms with van der Waals surface area (Å²) in [5.74, 6) is -3.73. The Morgan fingerprint density at radius 1 is 1.31 bits per heavy atom. The summed E-state index contributed by atoms with van der Waals surface area (Å²) in [4.78, 5) is 12.8.